The molecule has 0 unspecified atom stereocenters. The predicted molar refractivity (Wildman–Crippen MR) is 111 cm³/mol. The van der Waals surface area contributed by atoms with Crippen molar-refractivity contribution in [3.8, 4) is 17.1 Å². The molecule has 4 rings (SSSR count). The summed E-state index contributed by atoms with van der Waals surface area (Å²) in [5.74, 6) is -2.42. The molecule has 196 valence electrons. The minimum Gasteiger partial charge on any atom is -0.435 e. The molecule has 4 aromatic rings. The summed E-state index contributed by atoms with van der Waals surface area (Å²) in [6, 6.07) is 12.0. The Hall–Kier alpha value is -3.14. The van der Waals surface area contributed by atoms with Crippen molar-refractivity contribution in [1.29, 1.82) is 0 Å². The van der Waals surface area contributed by atoms with E-state index in [9.17, 15) is 35.1 Å². The number of hydrogen-bond donors (Lipinski definition) is 0. The van der Waals surface area contributed by atoms with Gasteiger partial charge in [0.15, 0.2) is 0 Å². The van der Waals surface area contributed by atoms with Crippen molar-refractivity contribution < 1.29 is 56.2 Å². The van der Waals surface area contributed by atoms with Crippen LogP contribution in [0.25, 0.3) is 17.1 Å². The van der Waals surface area contributed by atoms with Crippen LogP contribution in [0.1, 0.15) is 36.4 Å². The Bertz CT molecular complexity index is 1400. The molecule has 0 amide bonds. The maximum Gasteiger partial charge on any atom is 2.00 e. The van der Waals surface area contributed by atoms with Crippen LogP contribution in [-0.4, -0.2) is 19.5 Å². The normalized spacial score (nSPS) is 12.4. The zero-order chi connectivity index (χ0) is 26.5. The molecule has 0 spiro atoms. The van der Waals surface area contributed by atoms with Crippen LogP contribution in [0.4, 0.5) is 35.1 Å². The first kappa shape index (κ1) is 28.4. The number of aromatic nitrogens is 4. The number of nitrogens with zero attached hydrogens (tertiary/aromatic N) is 4. The smallest absolute Gasteiger partial charge is 0.435 e. The molecular formula is C24H14F8N4Pt. The maximum absolute atomic E-state index is 14.1. The first-order chi connectivity index (χ1) is 16.7. The Labute approximate surface area is 219 Å². The van der Waals surface area contributed by atoms with E-state index in [4.69, 9.17) is 0 Å². The second kappa shape index (κ2) is 9.96. The SMILES string of the molecule is CC(C)(c1cccc(-c2[c-]cc(F)nc2F)n1)c1cccc(-n2[c-]c(C(F)(F)F)c(C(F)(F)F)c2)n1.[Pt+2]. The monoisotopic (exact) mass is 705 g/mol. The molecule has 0 bridgehead atoms. The fourth-order valence-corrected chi connectivity index (χ4v) is 3.47. The van der Waals surface area contributed by atoms with E-state index >= 15 is 0 Å². The van der Waals surface area contributed by atoms with Crippen LogP contribution in [-0.2, 0) is 38.8 Å². The molecule has 0 aromatic carbocycles. The molecule has 0 radical (unpaired) electrons. The fraction of sp³-hybridized carbons (Fsp3) is 0.208. The summed E-state index contributed by atoms with van der Waals surface area (Å²) < 4.78 is 107. The van der Waals surface area contributed by atoms with Crippen LogP contribution in [0.5, 0.6) is 0 Å². The van der Waals surface area contributed by atoms with E-state index < -0.39 is 40.8 Å². The van der Waals surface area contributed by atoms with Crippen LogP contribution >= 0.6 is 0 Å². The zero-order valence-corrected chi connectivity index (χ0v) is 21.0. The van der Waals surface area contributed by atoms with E-state index in [1.54, 1.807) is 32.2 Å². The molecule has 0 N–H and O–H groups in total. The molecule has 13 heteroatoms. The molecule has 4 aromatic heterocycles. The molecule has 4 heterocycles. The van der Waals surface area contributed by atoms with Gasteiger partial charge in [0.25, 0.3) is 0 Å². The molecule has 37 heavy (non-hydrogen) atoms. The van der Waals surface area contributed by atoms with Gasteiger partial charge >= 0.3 is 33.4 Å². The fourth-order valence-electron chi connectivity index (χ4n) is 3.47. The Morgan fingerprint density at radius 3 is 2.00 bits per heavy atom. The Morgan fingerprint density at radius 2 is 1.43 bits per heavy atom. The van der Waals surface area contributed by atoms with Crippen molar-refractivity contribution in [1.82, 2.24) is 19.5 Å². The van der Waals surface area contributed by atoms with Crippen molar-refractivity contribution in [3.05, 3.63) is 95.3 Å². The van der Waals surface area contributed by atoms with E-state index in [2.05, 4.69) is 21.0 Å². The molecule has 0 fully saturated rings. The summed E-state index contributed by atoms with van der Waals surface area (Å²) in [5.41, 5.74) is -4.39. The summed E-state index contributed by atoms with van der Waals surface area (Å²) in [5, 5.41) is 0. The van der Waals surface area contributed by atoms with Crippen LogP contribution in [0.15, 0.2) is 48.7 Å². The summed E-state index contributed by atoms with van der Waals surface area (Å²) >= 11 is 0. The molecule has 4 nitrogen and oxygen atoms in total. The number of pyridine rings is 3. The van der Waals surface area contributed by atoms with Crippen molar-refractivity contribution in [2.75, 3.05) is 0 Å². The van der Waals surface area contributed by atoms with Gasteiger partial charge in [0.05, 0.1) is 5.82 Å². The van der Waals surface area contributed by atoms with E-state index in [1.165, 1.54) is 24.3 Å². The quantitative estimate of drug-likeness (QED) is 0.137. The minimum absolute atomic E-state index is 0. The van der Waals surface area contributed by atoms with Crippen molar-refractivity contribution >= 4 is 0 Å². The largest absolute Gasteiger partial charge is 2.00 e. The summed E-state index contributed by atoms with van der Waals surface area (Å²) in [6.45, 7) is 3.33. The number of alkyl halides is 6. The number of rotatable bonds is 4. The van der Waals surface area contributed by atoms with E-state index in [1.807, 2.05) is 0 Å². The van der Waals surface area contributed by atoms with Crippen LogP contribution in [0.3, 0.4) is 0 Å². The van der Waals surface area contributed by atoms with Gasteiger partial charge in [-0.1, -0.05) is 42.1 Å². The van der Waals surface area contributed by atoms with Crippen molar-refractivity contribution in [2.45, 2.75) is 31.6 Å². The van der Waals surface area contributed by atoms with Crippen molar-refractivity contribution in [2.24, 2.45) is 0 Å². The van der Waals surface area contributed by atoms with Gasteiger partial charge in [0, 0.05) is 16.8 Å². The third kappa shape index (κ3) is 5.74. The second-order valence-electron chi connectivity index (χ2n) is 8.20. The van der Waals surface area contributed by atoms with Gasteiger partial charge in [-0.2, -0.15) is 26.3 Å². The molecule has 0 saturated carbocycles. The zero-order valence-electron chi connectivity index (χ0n) is 18.7. The standard InChI is InChI=1S/C24H14F8N4.Pt/c1-22(2,17-6-3-5-16(33-17)13-9-10-19(25)35-21(13)26)18-7-4-8-20(34-18)36-11-14(23(27,28)29)15(12-36)24(30,31)32;/h3-8,10-11H,1-2H3;/q-2;+2. The van der Waals surface area contributed by atoms with Crippen LogP contribution < -0.4 is 0 Å². The van der Waals surface area contributed by atoms with Gasteiger partial charge in [-0.3, -0.25) is 9.97 Å². The third-order valence-electron chi connectivity index (χ3n) is 5.36. The average Bonchev–Trinajstić information content (AvgIpc) is 3.26. The van der Waals surface area contributed by atoms with Gasteiger partial charge in [-0.25, -0.2) is 8.78 Å². The Morgan fingerprint density at radius 1 is 0.811 bits per heavy atom. The summed E-state index contributed by atoms with van der Waals surface area (Å²) in [4.78, 5) is 11.7. The molecule has 0 aliphatic heterocycles. The van der Waals surface area contributed by atoms with Crippen LogP contribution in [0, 0.1) is 24.2 Å². The Balaban J connectivity index is 0.00000380. The van der Waals surface area contributed by atoms with E-state index in [0.29, 0.717) is 10.3 Å². The topological polar surface area (TPSA) is 43.6 Å². The first-order valence-electron chi connectivity index (χ1n) is 10.2. The molecule has 0 aliphatic carbocycles. The van der Waals surface area contributed by atoms with Gasteiger partial charge < -0.3 is 9.55 Å². The molecule has 0 saturated heterocycles. The second-order valence-corrected chi connectivity index (χ2v) is 8.20. The third-order valence-corrected chi connectivity index (χ3v) is 5.36. The summed E-state index contributed by atoms with van der Waals surface area (Å²) in [7, 11) is 0. The van der Waals surface area contributed by atoms with Gasteiger partial charge in [-0.15, -0.1) is 12.3 Å². The molecular weight excluding hydrogens is 691 g/mol. The first-order valence-corrected chi connectivity index (χ1v) is 10.2. The number of hydrogen-bond acceptors (Lipinski definition) is 3. The summed E-state index contributed by atoms with van der Waals surface area (Å²) in [6.07, 6.45) is -8.54. The molecule has 0 atom stereocenters. The van der Waals surface area contributed by atoms with Crippen molar-refractivity contribution in [3.63, 3.8) is 0 Å². The van der Waals surface area contributed by atoms with Gasteiger partial charge in [0.2, 0.25) is 0 Å². The van der Waals surface area contributed by atoms with E-state index in [-0.39, 0.29) is 50.0 Å². The Kier molecular flexibility index (Phi) is 7.65. The van der Waals surface area contributed by atoms with E-state index in [0.717, 1.165) is 6.07 Å². The molecule has 0 aliphatic rings. The van der Waals surface area contributed by atoms with Gasteiger partial charge in [-0.05, 0) is 42.8 Å². The number of halogens is 8. The minimum atomic E-state index is -5.28. The maximum atomic E-state index is 14.1. The van der Waals surface area contributed by atoms with Gasteiger partial charge in [0.1, 0.15) is 11.9 Å². The average molecular weight is 705 g/mol. The van der Waals surface area contributed by atoms with Crippen LogP contribution in [0.2, 0.25) is 0 Å². The predicted octanol–water partition coefficient (Wildman–Crippen LogP) is 6.57.